The second-order valence-corrected chi connectivity index (χ2v) is 7.88. The smallest absolute Gasteiger partial charge is 0.229 e. The van der Waals surface area contributed by atoms with Gasteiger partial charge in [-0.2, -0.15) is 5.26 Å². The molecule has 0 N–H and O–H groups in total. The number of anilines is 1. The van der Waals surface area contributed by atoms with Gasteiger partial charge in [0.2, 0.25) is 5.91 Å². The van der Waals surface area contributed by atoms with E-state index in [0.717, 1.165) is 11.3 Å². The molecule has 8 heteroatoms. The van der Waals surface area contributed by atoms with Crippen LogP contribution in [0.1, 0.15) is 17.9 Å². The maximum Gasteiger partial charge on any atom is 0.229 e. The largest absolute Gasteiger partial charge is 0.497 e. The molecular weight excluding hydrogens is 405 g/mol. The number of halogens is 1. The zero-order valence-electron chi connectivity index (χ0n) is 16.6. The topological polar surface area (TPSA) is 65.8 Å². The average molecular weight is 425 g/mol. The first kappa shape index (κ1) is 20.1. The van der Waals surface area contributed by atoms with Crippen LogP contribution in [0.15, 0.2) is 53.1 Å². The standard InChI is InChI=1S/C22H20FN3O3S/c1-28-16-7-8-17(20(9-16)29-2)18-10-21(27)26-12-25(13-30-22(26)19(18)11-24)15-5-3-14(23)4-6-15/h3-9,18H,10,12-13H2,1-2H3/t18-/m0/s1. The van der Waals surface area contributed by atoms with Gasteiger partial charge in [-0.15, -0.1) is 0 Å². The van der Waals surface area contributed by atoms with Crippen LogP contribution in [0.5, 0.6) is 11.5 Å². The van der Waals surface area contributed by atoms with E-state index >= 15 is 0 Å². The van der Waals surface area contributed by atoms with Gasteiger partial charge >= 0.3 is 0 Å². The first-order chi connectivity index (χ1) is 14.5. The van der Waals surface area contributed by atoms with E-state index < -0.39 is 0 Å². The number of hydrogen-bond acceptors (Lipinski definition) is 6. The van der Waals surface area contributed by atoms with Crippen LogP contribution in [0, 0.1) is 17.1 Å². The van der Waals surface area contributed by atoms with E-state index in [0.29, 0.717) is 34.6 Å². The molecule has 1 atom stereocenters. The summed E-state index contributed by atoms with van der Waals surface area (Å²) in [6, 6.07) is 13.9. The van der Waals surface area contributed by atoms with Crippen molar-refractivity contribution in [2.75, 3.05) is 31.7 Å². The molecule has 1 saturated heterocycles. The molecule has 2 aromatic rings. The number of methoxy groups -OCH3 is 2. The fraction of sp³-hybridized carbons (Fsp3) is 0.273. The lowest BCUT2D eigenvalue weighted by molar-refractivity contribution is -0.129. The van der Waals surface area contributed by atoms with Gasteiger partial charge in [0.1, 0.15) is 17.3 Å². The first-order valence-electron chi connectivity index (χ1n) is 9.35. The number of benzene rings is 2. The van der Waals surface area contributed by atoms with Crippen LogP contribution in [-0.2, 0) is 4.79 Å². The lowest BCUT2D eigenvalue weighted by atomic mass is 9.86. The highest BCUT2D eigenvalue weighted by atomic mass is 32.2. The zero-order valence-corrected chi connectivity index (χ0v) is 17.4. The van der Waals surface area contributed by atoms with Crippen LogP contribution in [-0.4, -0.2) is 37.6 Å². The summed E-state index contributed by atoms with van der Waals surface area (Å²) >= 11 is 1.44. The van der Waals surface area contributed by atoms with E-state index in [4.69, 9.17) is 9.47 Å². The summed E-state index contributed by atoms with van der Waals surface area (Å²) in [6.07, 6.45) is 0.174. The van der Waals surface area contributed by atoms with E-state index in [2.05, 4.69) is 6.07 Å². The molecule has 2 heterocycles. The summed E-state index contributed by atoms with van der Waals surface area (Å²) in [5, 5.41) is 10.6. The van der Waals surface area contributed by atoms with Gasteiger partial charge in [-0.1, -0.05) is 17.8 Å². The minimum atomic E-state index is -0.375. The molecule has 0 bridgehead atoms. The Labute approximate surface area is 178 Å². The minimum absolute atomic E-state index is 0.0637. The number of amides is 1. The van der Waals surface area contributed by atoms with Crippen molar-refractivity contribution in [2.45, 2.75) is 12.3 Å². The zero-order chi connectivity index (χ0) is 21.3. The number of carbonyl (C=O) groups is 1. The van der Waals surface area contributed by atoms with Gasteiger partial charge in [0, 0.05) is 29.7 Å². The number of ether oxygens (including phenoxy) is 2. The first-order valence-corrected chi connectivity index (χ1v) is 10.3. The average Bonchev–Trinajstić information content (AvgIpc) is 2.79. The molecular formula is C22H20FN3O3S. The van der Waals surface area contributed by atoms with Crippen LogP contribution < -0.4 is 14.4 Å². The number of allylic oxidation sites excluding steroid dienone is 1. The van der Waals surface area contributed by atoms with Crippen molar-refractivity contribution < 1.29 is 18.7 Å². The molecule has 2 aliphatic rings. The molecule has 2 aromatic carbocycles. The Kier molecular flexibility index (Phi) is 5.55. The van der Waals surface area contributed by atoms with Gasteiger partial charge in [0.15, 0.2) is 0 Å². The summed E-state index contributed by atoms with van der Waals surface area (Å²) in [5.74, 6) is 1.05. The highest BCUT2D eigenvalue weighted by molar-refractivity contribution is 8.03. The number of hydrogen-bond donors (Lipinski definition) is 0. The SMILES string of the molecule is COc1ccc([C@@H]2CC(=O)N3CN(c4ccc(F)cc4)CSC3=C2C#N)c(OC)c1. The molecule has 154 valence electrons. The monoisotopic (exact) mass is 425 g/mol. The van der Waals surface area contributed by atoms with Crippen LogP contribution in [0.3, 0.4) is 0 Å². The van der Waals surface area contributed by atoms with E-state index in [9.17, 15) is 14.4 Å². The van der Waals surface area contributed by atoms with Gasteiger partial charge < -0.3 is 14.4 Å². The van der Waals surface area contributed by atoms with Crippen molar-refractivity contribution in [3.63, 3.8) is 0 Å². The third-order valence-electron chi connectivity index (χ3n) is 5.30. The number of nitrogens with zero attached hydrogens (tertiary/aromatic N) is 3. The van der Waals surface area contributed by atoms with Gasteiger partial charge in [-0.25, -0.2) is 4.39 Å². The predicted octanol–water partition coefficient (Wildman–Crippen LogP) is 4.06. The van der Waals surface area contributed by atoms with Crippen molar-refractivity contribution in [2.24, 2.45) is 0 Å². The third-order valence-corrected chi connectivity index (χ3v) is 6.46. The maximum absolute atomic E-state index is 13.2. The Morgan fingerprint density at radius 1 is 1.17 bits per heavy atom. The lowest BCUT2D eigenvalue weighted by Gasteiger charge is -2.42. The van der Waals surface area contributed by atoms with Crippen LogP contribution in [0.4, 0.5) is 10.1 Å². The molecule has 0 unspecified atom stereocenters. The fourth-order valence-corrected chi connectivity index (χ4v) is 4.92. The molecule has 4 rings (SSSR count). The molecule has 2 aliphatic heterocycles. The van der Waals surface area contributed by atoms with Crippen molar-refractivity contribution in [3.8, 4) is 17.6 Å². The second-order valence-electron chi connectivity index (χ2n) is 6.95. The van der Waals surface area contributed by atoms with Crippen molar-refractivity contribution in [1.29, 1.82) is 5.26 Å². The summed E-state index contributed by atoms with van der Waals surface area (Å²) in [4.78, 5) is 16.7. The van der Waals surface area contributed by atoms with E-state index in [1.807, 2.05) is 11.0 Å². The van der Waals surface area contributed by atoms with Gasteiger partial charge in [-0.05, 0) is 30.3 Å². The normalized spacial score (nSPS) is 18.7. The number of carbonyl (C=O) groups excluding carboxylic acids is 1. The summed E-state index contributed by atoms with van der Waals surface area (Å²) in [5.41, 5.74) is 2.17. The van der Waals surface area contributed by atoms with Crippen LogP contribution in [0.25, 0.3) is 0 Å². The number of rotatable bonds is 4. The highest BCUT2D eigenvalue weighted by Crippen LogP contribution is 2.45. The number of thioether (sulfide) groups is 1. The fourth-order valence-electron chi connectivity index (χ4n) is 3.75. The Morgan fingerprint density at radius 3 is 2.60 bits per heavy atom. The number of fused-ring (bicyclic) bond motifs is 1. The Bertz CT molecular complexity index is 1050. The van der Waals surface area contributed by atoms with E-state index in [1.165, 1.54) is 23.9 Å². The maximum atomic E-state index is 13.2. The minimum Gasteiger partial charge on any atom is -0.497 e. The summed E-state index contributed by atoms with van der Waals surface area (Å²) in [7, 11) is 3.13. The Morgan fingerprint density at radius 2 is 1.93 bits per heavy atom. The predicted molar refractivity (Wildman–Crippen MR) is 113 cm³/mol. The van der Waals surface area contributed by atoms with E-state index in [-0.39, 0.29) is 24.1 Å². The molecule has 1 fully saturated rings. The molecule has 0 aromatic heterocycles. The van der Waals surface area contributed by atoms with Gasteiger partial charge in [0.25, 0.3) is 0 Å². The second kappa shape index (κ2) is 8.28. The molecule has 0 spiro atoms. The molecule has 30 heavy (non-hydrogen) atoms. The van der Waals surface area contributed by atoms with Crippen LogP contribution in [0.2, 0.25) is 0 Å². The molecule has 0 radical (unpaired) electrons. The molecule has 1 amide bonds. The quantitative estimate of drug-likeness (QED) is 0.736. The van der Waals surface area contributed by atoms with Crippen molar-refractivity contribution >= 4 is 23.4 Å². The van der Waals surface area contributed by atoms with Gasteiger partial charge in [0.05, 0.1) is 43.4 Å². The highest BCUT2D eigenvalue weighted by Gasteiger charge is 2.39. The lowest BCUT2D eigenvalue weighted by Crippen LogP contribution is -2.47. The Hall–Kier alpha value is -3.18. The summed E-state index contributed by atoms with van der Waals surface area (Å²) < 4.78 is 24.0. The summed E-state index contributed by atoms with van der Waals surface area (Å²) in [6.45, 7) is 0.324. The Balaban J connectivity index is 1.68. The molecule has 0 aliphatic carbocycles. The molecule has 6 nitrogen and oxygen atoms in total. The van der Waals surface area contributed by atoms with Gasteiger partial charge in [-0.3, -0.25) is 9.69 Å². The van der Waals surface area contributed by atoms with E-state index in [1.54, 1.807) is 43.4 Å². The van der Waals surface area contributed by atoms with Crippen molar-refractivity contribution in [3.05, 3.63) is 64.4 Å². The molecule has 0 saturated carbocycles. The number of nitriles is 1. The van der Waals surface area contributed by atoms with Crippen LogP contribution >= 0.6 is 11.8 Å². The third kappa shape index (κ3) is 3.57. The van der Waals surface area contributed by atoms with Crippen molar-refractivity contribution in [1.82, 2.24) is 4.90 Å².